The molecule has 21 heavy (non-hydrogen) atoms. The van der Waals surface area contributed by atoms with E-state index < -0.39 is 11.6 Å². The minimum Gasteiger partial charge on any atom is -0.493 e. The lowest BCUT2D eigenvalue weighted by molar-refractivity contribution is 0.112. The van der Waals surface area contributed by atoms with E-state index in [0.717, 1.165) is 6.07 Å². The summed E-state index contributed by atoms with van der Waals surface area (Å²) in [7, 11) is 1.42. The number of ether oxygens (including phenoxy) is 2. The van der Waals surface area contributed by atoms with E-state index in [-0.39, 0.29) is 12.2 Å². The zero-order chi connectivity index (χ0) is 15.4. The second-order valence-corrected chi connectivity index (χ2v) is 5.01. The number of rotatable bonds is 5. The van der Waals surface area contributed by atoms with Crippen LogP contribution in [0.5, 0.6) is 11.5 Å². The van der Waals surface area contributed by atoms with E-state index in [1.165, 1.54) is 25.3 Å². The van der Waals surface area contributed by atoms with Gasteiger partial charge in [0.2, 0.25) is 0 Å². The molecule has 0 heterocycles. The standard InChI is InChI=1S/C15H11BrF2O3/c1-20-13-6-9(7-19)5-11(16)15(13)21-8-10-3-2-4-12(17)14(10)18/h2-7H,8H2,1H3. The third-order valence-electron chi connectivity index (χ3n) is 2.79. The van der Waals surface area contributed by atoms with Gasteiger partial charge in [-0.2, -0.15) is 0 Å². The maximum absolute atomic E-state index is 13.6. The molecule has 3 nitrogen and oxygen atoms in total. The molecule has 0 radical (unpaired) electrons. The molecule has 6 heteroatoms. The van der Waals surface area contributed by atoms with Crippen LogP contribution in [0.15, 0.2) is 34.8 Å². The van der Waals surface area contributed by atoms with E-state index in [1.807, 2.05) is 0 Å². The largest absolute Gasteiger partial charge is 0.493 e. The van der Waals surface area contributed by atoms with Crippen LogP contribution >= 0.6 is 15.9 Å². The lowest BCUT2D eigenvalue weighted by Gasteiger charge is -2.13. The number of carbonyl (C=O) groups excluding carboxylic acids is 1. The van der Waals surface area contributed by atoms with Gasteiger partial charge in [0.1, 0.15) is 12.9 Å². The highest BCUT2D eigenvalue weighted by Gasteiger charge is 2.14. The Bertz CT molecular complexity index is 674. The maximum atomic E-state index is 13.6. The average molecular weight is 357 g/mol. The summed E-state index contributed by atoms with van der Waals surface area (Å²) in [5.41, 5.74) is 0.492. The summed E-state index contributed by atoms with van der Waals surface area (Å²) in [5, 5.41) is 0. The van der Waals surface area contributed by atoms with Gasteiger partial charge in [0.05, 0.1) is 11.6 Å². The maximum Gasteiger partial charge on any atom is 0.175 e. The number of methoxy groups -OCH3 is 1. The fraction of sp³-hybridized carbons (Fsp3) is 0.133. The number of hydrogen-bond donors (Lipinski definition) is 0. The van der Waals surface area contributed by atoms with Crippen LogP contribution in [0, 0.1) is 11.6 Å². The summed E-state index contributed by atoms with van der Waals surface area (Å²) >= 11 is 3.25. The number of halogens is 3. The molecule has 0 atom stereocenters. The van der Waals surface area contributed by atoms with Crippen molar-refractivity contribution < 1.29 is 23.0 Å². The van der Waals surface area contributed by atoms with Gasteiger partial charge in [-0.3, -0.25) is 4.79 Å². The van der Waals surface area contributed by atoms with Crippen LogP contribution in [0.1, 0.15) is 15.9 Å². The van der Waals surface area contributed by atoms with Gasteiger partial charge in [-0.25, -0.2) is 8.78 Å². The first-order valence-electron chi connectivity index (χ1n) is 5.95. The minimum absolute atomic E-state index is 0.0865. The van der Waals surface area contributed by atoms with Gasteiger partial charge in [-0.15, -0.1) is 0 Å². The molecule has 0 aliphatic rings. The summed E-state index contributed by atoms with van der Waals surface area (Å²) in [4.78, 5) is 10.8. The Morgan fingerprint density at radius 3 is 2.71 bits per heavy atom. The molecule has 2 aromatic rings. The number of benzene rings is 2. The normalized spacial score (nSPS) is 10.3. The first-order valence-corrected chi connectivity index (χ1v) is 6.74. The predicted molar refractivity (Wildman–Crippen MR) is 76.8 cm³/mol. The van der Waals surface area contributed by atoms with Crippen LogP contribution in [0.4, 0.5) is 8.78 Å². The van der Waals surface area contributed by atoms with Gasteiger partial charge in [-0.05, 0) is 34.1 Å². The van der Waals surface area contributed by atoms with Crippen molar-refractivity contribution >= 4 is 22.2 Å². The highest BCUT2D eigenvalue weighted by Crippen LogP contribution is 2.37. The van der Waals surface area contributed by atoms with E-state index in [9.17, 15) is 13.6 Å². The molecular formula is C15H11BrF2O3. The van der Waals surface area contributed by atoms with Crippen LogP contribution in [0.3, 0.4) is 0 Å². The molecule has 0 bridgehead atoms. The molecule has 2 rings (SSSR count). The molecule has 0 saturated carbocycles. The lowest BCUT2D eigenvalue weighted by Crippen LogP contribution is -2.02. The van der Waals surface area contributed by atoms with Crippen molar-refractivity contribution in [2.75, 3.05) is 7.11 Å². The second-order valence-electron chi connectivity index (χ2n) is 4.15. The fourth-order valence-corrected chi connectivity index (χ4v) is 2.33. The fourth-order valence-electron chi connectivity index (χ4n) is 1.76. The average Bonchev–Trinajstić information content (AvgIpc) is 2.49. The first kappa shape index (κ1) is 15.4. The Hall–Kier alpha value is -1.95. The zero-order valence-corrected chi connectivity index (χ0v) is 12.6. The molecule has 2 aromatic carbocycles. The topological polar surface area (TPSA) is 35.5 Å². The number of aldehydes is 1. The lowest BCUT2D eigenvalue weighted by atomic mass is 10.2. The smallest absolute Gasteiger partial charge is 0.175 e. The number of carbonyl (C=O) groups is 1. The summed E-state index contributed by atoms with van der Waals surface area (Å²) in [6, 6.07) is 6.91. The highest BCUT2D eigenvalue weighted by atomic mass is 79.9. The Morgan fingerprint density at radius 2 is 2.05 bits per heavy atom. The third-order valence-corrected chi connectivity index (χ3v) is 3.38. The SMILES string of the molecule is COc1cc(C=O)cc(Br)c1OCc1cccc(F)c1F. The van der Waals surface area contributed by atoms with Crippen LogP contribution in [-0.4, -0.2) is 13.4 Å². The van der Waals surface area contributed by atoms with Gasteiger partial charge in [0.15, 0.2) is 23.1 Å². The van der Waals surface area contributed by atoms with Crippen molar-refractivity contribution in [3.63, 3.8) is 0 Å². The van der Waals surface area contributed by atoms with Crippen molar-refractivity contribution in [2.24, 2.45) is 0 Å². The van der Waals surface area contributed by atoms with Gasteiger partial charge in [-0.1, -0.05) is 12.1 Å². The van der Waals surface area contributed by atoms with Crippen LogP contribution in [-0.2, 0) is 6.61 Å². The van der Waals surface area contributed by atoms with Crippen molar-refractivity contribution in [2.45, 2.75) is 6.61 Å². The van der Waals surface area contributed by atoms with Gasteiger partial charge in [0, 0.05) is 11.1 Å². The minimum atomic E-state index is -0.947. The van der Waals surface area contributed by atoms with Crippen LogP contribution in [0.25, 0.3) is 0 Å². The first-order chi connectivity index (χ1) is 10.1. The zero-order valence-electron chi connectivity index (χ0n) is 11.0. The van der Waals surface area contributed by atoms with Gasteiger partial charge < -0.3 is 9.47 Å². The van der Waals surface area contributed by atoms with E-state index >= 15 is 0 Å². The van der Waals surface area contributed by atoms with E-state index in [1.54, 1.807) is 6.07 Å². The van der Waals surface area contributed by atoms with Crippen molar-refractivity contribution in [3.05, 3.63) is 57.6 Å². The van der Waals surface area contributed by atoms with E-state index in [2.05, 4.69) is 15.9 Å². The Kier molecular flexibility index (Phi) is 4.90. The molecule has 0 unspecified atom stereocenters. The van der Waals surface area contributed by atoms with Crippen LogP contribution < -0.4 is 9.47 Å². The monoisotopic (exact) mass is 356 g/mol. The Labute approximate surface area is 128 Å². The van der Waals surface area contributed by atoms with E-state index in [4.69, 9.17) is 9.47 Å². The van der Waals surface area contributed by atoms with Crippen molar-refractivity contribution in [1.82, 2.24) is 0 Å². The van der Waals surface area contributed by atoms with Crippen molar-refractivity contribution in [3.8, 4) is 11.5 Å². The Morgan fingerprint density at radius 1 is 1.29 bits per heavy atom. The summed E-state index contributed by atoms with van der Waals surface area (Å²) in [6.45, 7) is -0.168. The number of hydrogen-bond acceptors (Lipinski definition) is 3. The molecule has 0 aromatic heterocycles. The molecule has 0 aliphatic heterocycles. The summed E-state index contributed by atoms with van der Waals surface area (Å²) < 4.78 is 37.8. The highest BCUT2D eigenvalue weighted by molar-refractivity contribution is 9.10. The third kappa shape index (κ3) is 3.39. The van der Waals surface area contributed by atoms with E-state index in [0.29, 0.717) is 27.8 Å². The summed E-state index contributed by atoms with van der Waals surface area (Å²) in [6.07, 6.45) is 0.670. The molecule has 0 N–H and O–H groups in total. The summed E-state index contributed by atoms with van der Waals surface area (Å²) in [5.74, 6) is -1.24. The van der Waals surface area contributed by atoms with Gasteiger partial charge >= 0.3 is 0 Å². The Balaban J connectivity index is 2.27. The second kappa shape index (κ2) is 6.67. The quantitative estimate of drug-likeness (QED) is 0.755. The van der Waals surface area contributed by atoms with Crippen LogP contribution in [0.2, 0.25) is 0 Å². The molecule has 0 aliphatic carbocycles. The molecular weight excluding hydrogens is 346 g/mol. The molecule has 0 saturated heterocycles. The molecule has 0 spiro atoms. The van der Waals surface area contributed by atoms with Crippen molar-refractivity contribution in [1.29, 1.82) is 0 Å². The molecule has 0 amide bonds. The predicted octanol–water partition coefficient (Wildman–Crippen LogP) is 4.13. The molecule has 110 valence electrons. The molecule has 0 fully saturated rings. The van der Waals surface area contributed by atoms with Gasteiger partial charge in [0.25, 0.3) is 0 Å².